The zero-order chi connectivity index (χ0) is 14.4. The third-order valence-electron chi connectivity index (χ3n) is 3.88. The first-order valence-electron chi connectivity index (χ1n) is 6.72. The third-order valence-corrected chi connectivity index (χ3v) is 4.13. The van der Waals surface area contributed by atoms with E-state index in [0.29, 0.717) is 36.9 Å². The van der Waals surface area contributed by atoms with Gasteiger partial charge in [-0.05, 0) is 38.1 Å². The van der Waals surface area contributed by atoms with Crippen LogP contribution >= 0.6 is 11.6 Å². The van der Waals surface area contributed by atoms with Gasteiger partial charge in [0.05, 0.1) is 18.6 Å². The molecule has 2 aliphatic rings. The Morgan fingerprint density at radius 2 is 1.70 bits per heavy atom. The number of halogens is 1. The predicted molar refractivity (Wildman–Crippen MR) is 75.8 cm³/mol. The van der Waals surface area contributed by atoms with Crippen LogP contribution in [0, 0.1) is 5.41 Å². The Kier molecular flexibility index (Phi) is 3.27. The molecule has 2 aliphatic heterocycles. The topological polar surface area (TPSA) is 38.8 Å². The standard InChI is InChI=1S/C15H18ClNO3/c1-14(2)19-9-15(10-20-14)7-17(8-15)13(18)11-3-5-12(16)6-4-11/h3-6H,7-10H2,1-2H3. The summed E-state index contributed by atoms with van der Waals surface area (Å²) in [7, 11) is 0. The monoisotopic (exact) mass is 295 g/mol. The lowest BCUT2D eigenvalue weighted by molar-refractivity contribution is -0.301. The lowest BCUT2D eigenvalue weighted by atomic mass is 9.80. The number of nitrogens with zero attached hydrogens (tertiary/aromatic N) is 1. The Bertz CT molecular complexity index is 508. The van der Waals surface area contributed by atoms with E-state index in [4.69, 9.17) is 21.1 Å². The van der Waals surface area contributed by atoms with Gasteiger partial charge < -0.3 is 14.4 Å². The lowest BCUT2D eigenvalue weighted by Gasteiger charge is -2.54. The van der Waals surface area contributed by atoms with Crippen LogP contribution in [-0.2, 0) is 9.47 Å². The summed E-state index contributed by atoms with van der Waals surface area (Å²) < 4.78 is 11.4. The van der Waals surface area contributed by atoms with Crippen LogP contribution in [0.5, 0.6) is 0 Å². The number of carbonyl (C=O) groups excluding carboxylic acids is 1. The van der Waals surface area contributed by atoms with E-state index in [9.17, 15) is 4.79 Å². The molecule has 0 N–H and O–H groups in total. The van der Waals surface area contributed by atoms with Crippen molar-refractivity contribution in [3.8, 4) is 0 Å². The molecule has 108 valence electrons. The minimum Gasteiger partial charge on any atom is -0.350 e. The number of amides is 1. The average molecular weight is 296 g/mol. The van der Waals surface area contributed by atoms with Crippen molar-refractivity contribution in [1.82, 2.24) is 4.90 Å². The van der Waals surface area contributed by atoms with Crippen LogP contribution in [0.3, 0.4) is 0 Å². The van der Waals surface area contributed by atoms with E-state index in [2.05, 4.69) is 0 Å². The molecule has 2 saturated heterocycles. The van der Waals surface area contributed by atoms with Gasteiger partial charge in [-0.2, -0.15) is 0 Å². The van der Waals surface area contributed by atoms with Crippen molar-refractivity contribution in [2.75, 3.05) is 26.3 Å². The van der Waals surface area contributed by atoms with Gasteiger partial charge >= 0.3 is 0 Å². The molecular formula is C15H18ClNO3. The smallest absolute Gasteiger partial charge is 0.253 e. The van der Waals surface area contributed by atoms with Gasteiger partial charge in [0.25, 0.3) is 5.91 Å². The predicted octanol–water partition coefficient (Wildman–Crippen LogP) is 2.57. The van der Waals surface area contributed by atoms with Crippen LogP contribution < -0.4 is 0 Å². The minimum absolute atomic E-state index is 0.0302. The molecule has 3 rings (SSSR count). The van der Waals surface area contributed by atoms with E-state index in [-0.39, 0.29) is 11.3 Å². The number of ether oxygens (including phenoxy) is 2. The minimum atomic E-state index is -0.508. The first kappa shape index (κ1) is 13.9. The largest absolute Gasteiger partial charge is 0.350 e. The number of hydrogen-bond donors (Lipinski definition) is 0. The fraction of sp³-hybridized carbons (Fsp3) is 0.533. The van der Waals surface area contributed by atoms with E-state index in [1.807, 2.05) is 18.7 Å². The summed E-state index contributed by atoms with van der Waals surface area (Å²) >= 11 is 5.83. The van der Waals surface area contributed by atoms with Gasteiger partial charge in [0.15, 0.2) is 5.79 Å². The second-order valence-electron chi connectivity index (χ2n) is 6.15. The fourth-order valence-electron chi connectivity index (χ4n) is 2.60. The molecule has 1 spiro atoms. The van der Waals surface area contributed by atoms with Crippen LogP contribution in [0.1, 0.15) is 24.2 Å². The molecule has 5 heteroatoms. The highest BCUT2D eigenvalue weighted by Crippen LogP contribution is 2.38. The lowest BCUT2D eigenvalue weighted by Crippen LogP contribution is -2.65. The molecule has 0 aliphatic carbocycles. The molecule has 0 unspecified atom stereocenters. The number of benzene rings is 1. The van der Waals surface area contributed by atoms with Crippen molar-refractivity contribution < 1.29 is 14.3 Å². The van der Waals surface area contributed by atoms with Crippen molar-refractivity contribution in [2.45, 2.75) is 19.6 Å². The van der Waals surface area contributed by atoms with Gasteiger partial charge in [-0.1, -0.05) is 11.6 Å². The molecule has 0 bridgehead atoms. The van der Waals surface area contributed by atoms with Crippen LogP contribution in [-0.4, -0.2) is 42.9 Å². The Balaban J connectivity index is 1.60. The van der Waals surface area contributed by atoms with Crippen molar-refractivity contribution in [2.24, 2.45) is 5.41 Å². The molecule has 20 heavy (non-hydrogen) atoms. The fourth-order valence-corrected chi connectivity index (χ4v) is 2.73. The van der Waals surface area contributed by atoms with Gasteiger partial charge in [0.1, 0.15) is 0 Å². The molecule has 0 radical (unpaired) electrons. The van der Waals surface area contributed by atoms with E-state index >= 15 is 0 Å². The second kappa shape index (κ2) is 4.72. The number of carbonyl (C=O) groups is 1. The van der Waals surface area contributed by atoms with E-state index < -0.39 is 5.79 Å². The van der Waals surface area contributed by atoms with Crippen LogP contribution in [0.2, 0.25) is 5.02 Å². The molecule has 4 nitrogen and oxygen atoms in total. The quantitative estimate of drug-likeness (QED) is 0.799. The van der Waals surface area contributed by atoms with Crippen molar-refractivity contribution in [3.05, 3.63) is 34.9 Å². The van der Waals surface area contributed by atoms with E-state index in [1.54, 1.807) is 24.3 Å². The zero-order valence-electron chi connectivity index (χ0n) is 11.7. The maximum absolute atomic E-state index is 12.3. The summed E-state index contributed by atoms with van der Waals surface area (Å²) in [5.41, 5.74) is 0.639. The van der Waals surface area contributed by atoms with Gasteiger partial charge in [-0.25, -0.2) is 0 Å². The van der Waals surface area contributed by atoms with Crippen LogP contribution in [0.15, 0.2) is 24.3 Å². The van der Waals surface area contributed by atoms with Crippen LogP contribution in [0.4, 0.5) is 0 Å². The first-order chi connectivity index (χ1) is 9.39. The Hall–Kier alpha value is -1.10. The summed E-state index contributed by atoms with van der Waals surface area (Å²) in [5.74, 6) is -0.469. The van der Waals surface area contributed by atoms with Gasteiger partial charge in [-0.15, -0.1) is 0 Å². The number of likely N-dealkylation sites (tertiary alicyclic amines) is 1. The molecule has 0 aromatic heterocycles. The number of hydrogen-bond acceptors (Lipinski definition) is 3. The van der Waals surface area contributed by atoms with Gasteiger partial charge in [0.2, 0.25) is 0 Å². The second-order valence-corrected chi connectivity index (χ2v) is 6.58. The molecule has 0 atom stereocenters. The maximum atomic E-state index is 12.3. The Morgan fingerprint density at radius 3 is 2.25 bits per heavy atom. The molecule has 1 amide bonds. The summed E-state index contributed by atoms with van der Waals surface area (Å²) in [5, 5.41) is 0.637. The Labute approximate surface area is 123 Å². The molecule has 2 fully saturated rings. The average Bonchev–Trinajstić information content (AvgIpc) is 2.37. The Morgan fingerprint density at radius 1 is 1.15 bits per heavy atom. The van der Waals surface area contributed by atoms with Crippen molar-refractivity contribution in [1.29, 1.82) is 0 Å². The normalized spacial score (nSPS) is 23.4. The van der Waals surface area contributed by atoms with Crippen molar-refractivity contribution >= 4 is 17.5 Å². The van der Waals surface area contributed by atoms with Gasteiger partial charge in [0, 0.05) is 23.7 Å². The summed E-state index contributed by atoms with van der Waals surface area (Å²) in [6, 6.07) is 6.98. The summed E-state index contributed by atoms with van der Waals surface area (Å²) in [6.07, 6.45) is 0. The van der Waals surface area contributed by atoms with Gasteiger partial charge in [-0.3, -0.25) is 4.79 Å². The SMILES string of the molecule is CC1(C)OCC2(CO1)CN(C(=O)c1ccc(Cl)cc1)C2. The van der Waals surface area contributed by atoms with Crippen LogP contribution in [0.25, 0.3) is 0 Å². The number of rotatable bonds is 1. The van der Waals surface area contributed by atoms with Crippen molar-refractivity contribution in [3.63, 3.8) is 0 Å². The maximum Gasteiger partial charge on any atom is 0.253 e. The molecule has 1 aromatic rings. The molecular weight excluding hydrogens is 278 g/mol. The van der Waals surface area contributed by atoms with E-state index in [1.165, 1.54) is 0 Å². The highest BCUT2D eigenvalue weighted by Gasteiger charge is 2.50. The zero-order valence-corrected chi connectivity index (χ0v) is 12.4. The molecule has 2 heterocycles. The molecule has 0 saturated carbocycles. The first-order valence-corrected chi connectivity index (χ1v) is 7.10. The van der Waals surface area contributed by atoms with E-state index in [0.717, 1.165) is 0 Å². The molecule has 1 aromatic carbocycles. The summed E-state index contributed by atoms with van der Waals surface area (Å²) in [6.45, 7) is 6.48. The summed E-state index contributed by atoms with van der Waals surface area (Å²) in [4.78, 5) is 14.1. The highest BCUT2D eigenvalue weighted by atomic mass is 35.5. The third kappa shape index (κ3) is 2.55. The highest BCUT2D eigenvalue weighted by molar-refractivity contribution is 6.30.